The predicted octanol–water partition coefficient (Wildman–Crippen LogP) is 0.802. The molecule has 2 aromatic heterocycles. The first kappa shape index (κ1) is 9.28. The number of carbonyl (C=O) groups excluding carboxylic acids is 1. The Labute approximate surface area is 90.8 Å². The van der Waals surface area contributed by atoms with Crippen LogP contribution in [0.2, 0.25) is 5.28 Å². The highest BCUT2D eigenvalue weighted by molar-refractivity contribution is 9.10. The number of hydrogen-bond donors (Lipinski definition) is 0. The van der Waals surface area contributed by atoms with E-state index in [2.05, 4.69) is 36.1 Å². The summed E-state index contributed by atoms with van der Waals surface area (Å²) in [5.41, 5.74) is 0. The van der Waals surface area contributed by atoms with E-state index in [1.54, 1.807) is 0 Å². The Morgan fingerprint density at radius 1 is 1.57 bits per heavy atom. The van der Waals surface area contributed by atoms with Crippen molar-refractivity contribution in [3.8, 4) is 0 Å². The van der Waals surface area contributed by atoms with Gasteiger partial charge in [0, 0.05) is 0 Å². The molecule has 0 spiro atoms. The van der Waals surface area contributed by atoms with Gasteiger partial charge in [-0.15, -0.1) is 9.78 Å². The van der Waals surface area contributed by atoms with Gasteiger partial charge in [-0.2, -0.15) is 14.8 Å². The smallest absolute Gasteiger partial charge is 0.243 e. The lowest BCUT2D eigenvalue weighted by atomic mass is 10.9. The number of nitrogens with zero attached hydrogens (tertiary/aromatic N) is 6. The molecule has 2 heterocycles. The van der Waals surface area contributed by atoms with Crippen LogP contribution in [0.25, 0.3) is 0 Å². The molecule has 0 amide bonds. The van der Waals surface area contributed by atoms with Crippen molar-refractivity contribution in [2.45, 2.75) is 0 Å². The van der Waals surface area contributed by atoms with Crippen molar-refractivity contribution in [1.82, 2.24) is 29.5 Å². The Bertz CT molecular complexity index is 465. The molecular formula is C5H2BrClN6O. The average Bonchev–Trinajstić information content (AvgIpc) is 2.73. The minimum atomic E-state index is -0.550. The molecule has 0 unspecified atom stereocenters. The number of rotatable bonds is 0. The molecule has 0 fully saturated rings. The molecule has 0 atom stereocenters. The van der Waals surface area contributed by atoms with Gasteiger partial charge in [0.05, 0.1) is 0 Å². The van der Waals surface area contributed by atoms with Crippen LogP contribution in [0.4, 0.5) is 4.79 Å². The lowest BCUT2D eigenvalue weighted by Crippen LogP contribution is -2.21. The average molecular weight is 277 g/mol. The van der Waals surface area contributed by atoms with Crippen LogP contribution in [0.1, 0.15) is 0 Å². The van der Waals surface area contributed by atoms with E-state index in [1.807, 2.05) is 0 Å². The van der Waals surface area contributed by atoms with Crippen LogP contribution in [0.5, 0.6) is 0 Å². The summed E-state index contributed by atoms with van der Waals surface area (Å²) >= 11 is 8.62. The third kappa shape index (κ3) is 1.53. The summed E-state index contributed by atoms with van der Waals surface area (Å²) in [6.45, 7) is 0. The molecule has 14 heavy (non-hydrogen) atoms. The summed E-state index contributed by atoms with van der Waals surface area (Å²) in [5.74, 6) is 0. The van der Waals surface area contributed by atoms with E-state index in [9.17, 15) is 4.79 Å². The van der Waals surface area contributed by atoms with Gasteiger partial charge < -0.3 is 0 Å². The van der Waals surface area contributed by atoms with Gasteiger partial charge in [0.25, 0.3) is 0 Å². The molecule has 9 heteroatoms. The zero-order valence-electron chi connectivity index (χ0n) is 6.50. The van der Waals surface area contributed by atoms with E-state index < -0.39 is 6.03 Å². The van der Waals surface area contributed by atoms with Crippen molar-refractivity contribution in [3.63, 3.8) is 0 Å². The lowest BCUT2D eigenvalue weighted by molar-refractivity contribution is 0.238. The van der Waals surface area contributed by atoms with Gasteiger partial charge in [-0.25, -0.2) is 9.78 Å². The summed E-state index contributed by atoms with van der Waals surface area (Å²) < 4.78 is 2.13. The van der Waals surface area contributed by atoms with Crippen LogP contribution >= 0.6 is 27.5 Å². The maximum Gasteiger partial charge on any atom is 0.373 e. The van der Waals surface area contributed by atoms with Crippen LogP contribution in [-0.4, -0.2) is 35.6 Å². The molecule has 0 N–H and O–H groups in total. The second-order valence-corrected chi connectivity index (χ2v) is 3.23. The van der Waals surface area contributed by atoms with Crippen molar-refractivity contribution >= 4 is 33.6 Å². The van der Waals surface area contributed by atoms with Gasteiger partial charge in [-0.3, -0.25) is 0 Å². The highest BCUT2D eigenvalue weighted by Crippen LogP contribution is 2.10. The zero-order valence-corrected chi connectivity index (χ0v) is 8.84. The van der Waals surface area contributed by atoms with Gasteiger partial charge in [-0.1, -0.05) is 0 Å². The number of hydrogen-bond acceptors (Lipinski definition) is 5. The van der Waals surface area contributed by atoms with Gasteiger partial charge in [0.1, 0.15) is 12.7 Å². The number of aromatic nitrogens is 6. The summed E-state index contributed by atoms with van der Waals surface area (Å²) in [6.07, 6.45) is 2.48. The Morgan fingerprint density at radius 2 is 2.36 bits per heavy atom. The van der Waals surface area contributed by atoms with E-state index in [0.717, 1.165) is 9.36 Å². The highest BCUT2D eigenvalue weighted by Gasteiger charge is 2.15. The number of carbonyl (C=O) groups is 1. The van der Waals surface area contributed by atoms with Crippen molar-refractivity contribution in [2.75, 3.05) is 0 Å². The molecule has 0 bridgehead atoms. The van der Waals surface area contributed by atoms with Crippen LogP contribution < -0.4 is 0 Å². The van der Waals surface area contributed by atoms with E-state index in [0.29, 0.717) is 0 Å². The van der Waals surface area contributed by atoms with Gasteiger partial charge >= 0.3 is 6.03 Å². The normalized spacial score (nSPS) is 10.4. The fourth-order valence-electron chi connectivity index (χ4n) is 0.795. The summed E-state index contributed by atoms with van der Waals surface area (Å²) in [6, 6.07) is -0.550. The molecule has 0 saturated heterocycles. The van der Waals surface area contributed by atoms with Crippen LogP contribution in [0.3, 0.4) is 0 Å². The van der Waals surface area contributed by atoms with Gasteiger partial charge in [0.2, 0.25) is 10.0 Å². The van der Waals surface area contributed by atoms with Gasteiger partial charge in [0.15, 0.2) is 0 Å². The summed E-state index contributed by atoms with van der Waals surface area (Å²) in [4.78, 5) is 18.9. The van der Waals surface area contributed by atoms with Crippen LogP contribution in [0, 0.1) is 0 Å². The van der Waals surface area contributed by atoms with E-state index >= 15 is 0 Å². The molecule has 0 aliphatic carbocycles. The second kappa shape index (κ2) is 3.46. The monoisotopic (exact) mass is 276 g/mol. The largest absolute Gasteiger partial charge is 0.373 e. The molecule has 72 valence electrons. The molecule has 0 saturated carbocycles. The standard InChI is InChI=1S/C5H2BrClN6O/c6-3-10-4(7)13(11-3)5(14)12-2-8-1-9-12/h1-2H. The first-order valence-electron chi connectivity index (χ1n) is 3.36. The third-order valence-corrected chi connectivity index (χ3v) is 1.92. The molecule has 0 aliphatic rings. The SMILES string of the molecule is O=C(n1cncn1)n1nc(Br)nc1Cl. The van der Waals surface area contributed by atoms with Crippen molar-refractivity contribution < 1.29 is 4.79 Å². The molecule has 0 radical (unpaired) electrons. The first-order valence-corrected chi connectivity index (χ1v) is 4.53. The zero-order chi connectivity index (χ0) is 10.1. The third-order valence-electron chi connectivity index (χ3n) is 1.34. The minimum absolute atomic E-state index is 0.0441. The number of halogens is 2. The first-order chi connectivity index (χ1) is 6.68. The van der Waals surface area contributed by atoms with E-state index in [1.165, 1.54) is 12.7 Å². The molecular weight excluding hydrogens is 275 g/mol. The fourth-order valence-corrected chi connectivity index (χ4v) is 1.41. The minimum Gasteiger partial charge on any atom is -0.243 e. The van der Waals surface area contributed by atoms with Crippen molar-refractivity contribution in [1.29, 1.82) is 0 Å². The van der Waals surface area contributed by atoms with Gasteiger partial charge in [-0.05, 0) is 27.5 Å². The topological polar surface area (TPSA) is 78.5 Å². The second-order valence-electron chi connectivity index (χ2n) is 2.18. The quantitative estimate of drug-likeness (QED) is 0.712. The van der Waals surface area contributed by atoms with Crippen molar-refractivity contribution in [2.24, 2.45) is 0 Å². The molecule has 0 aromatic carbocycles. The highest BCUT2D eigenvalue weighted by atomic mass is 79.9. The Morgan fingerprint density at radius 3 is 2.86 bits per heavy atom. The predicted molar refractivity (Wildman–Crippen MR) is 48.9 cm³/mol. The lowest BCUT2D eigenvalue weighted by Gasteiger charge is -1.97. The molecule has 2 rings (SSSR count). The Balaban J connectivity index is 2.41. The van der Waals surface area contributed by atoms with E-state index in [-0.39, 0.29) is 10.0 Å². The summed E-state index contributed by atoms with van der Waals surface area (Å²) in [5, 5.41) is 7.31. The molecule has 7 nitrogen and oxygen atoms in total. The van der Waals surface area contributed by atoms with Crippen LogP contribution in [-0.2, 0) is 0 Å². The maximum absolute atomic E-state index is 11.6. The molecule has 2 aromatic rings. The Kier molecular flexibility index (Phi) is 2.30. The van der Waals surface area contributed by atoms with E-state index in [4.69, 9.17) is 11.6 Å². The van der Waals surface area contributed by atoms with Crippen LogP contribution in [0.15, 0.2) is 17.4 Å². The maximum atomic E-state index is 11.6. The fraction of sp³-hybridized carbons (Fsp3) is 0. The molecule has 0 aliphatic heterocycles. The summed E-state index contributed by atoms with van der Waals surface area (Å²) in [7, 11) is 0. The van der Waals surface area contributed by atoms with Crippen molar-refractivity contribution in [3.05, 3.63) is 22.7 Å². The Hall–Kier alpha value is -1.28.